The van der Waals surface area contributed by atoms with Crippen LogP contribution in [0.2, 0.25) is 0 Å². The predicted octanol–water partition coefficient (Wildman–Crippen LogP) is 4.06. The van der Waals surface area contributed by atoms with E-state index in [2.05, 4.69) is 34.9 Å². The van der Waals surface area contributed by atoms with Gasteiger partial charge in [-0.2, -0.15) is 0 Å². The minimum atomic E-state index is -0.894. The highest BCUT2D eigenvalue weighted by molar-refractivity contribution is 5.86. The summed E-state index contributed by atoms with van der Waals surface area (Å²) in [6, 6.07) is 15.0. The van der Waals surface area contributed by atoms with Gasteiger partial charge in [0.2, 0.25) is 5.91 Å². The average molecular weight is 451 g/mol. The van der Waals surface area contributed by atoms with Gasteiger partial charge in [-0.1, -0.05) is 68.3 Å². The standard InChI is InChI=1S/C26H30N2O5/c1-2-8-23(24(29)27-22-14-7-13-20(22)25(30)31)28-26(32)33-15-21-18-11-5-3-9-16(18)17-10-4-6-12-19(17)21/h3-6,9-12,20-23H,2,7-8,13-15H2,1H3,(H,27,29)(H,28,32)(H,30,31)/t20-,22+,23-/m0/s1. The number of nitrogens with one attached hydrogen (secondary N) is 2. The van der Waals surface area contributed by atoms with E-state index in [1.807, 2.05) is 31.2 Å². The first-order valence-corrected chi connectivity index (χ1v) is 11.6. The molecule has 0 radical (unpaired) electrons. The van der Waals surface area contributed by atoms with Gasteiger partial charge in [-0.25, -0.2) is 4.79 Å². The van der Waals surface area contributed by atoms with Crippen LogP contribution in [0.3, 0.4) is 0 Å². The molecule has 4 rings (SSSR count). The van der Waals surface area contributed by atoms with Gasteiger partial charge in [0, 0.05) is 12.0 Å². The van der Waals surface area contributed by atoms with Crippen molar-refractivity contribution >= 4 is 18.0 Å². The summed E-state index contributed by atoms with van der Waals surface area (Å²) < 4.78 is 5.57. The zero-order chi connectivity index (χ0) is 23.4. The summed E-state index contributed by atoms with van der Waals surface area (Å²) in [4.78, 5) is 36.8. The van der Waals surface area contributed by atoms with E-state index in [-0.39, 0.29) is 18.4 Å². The second-order valence-electron chi connectivity index (χ2n) is 8.80. The van der Waals surface area contributed by atoms with Crippen molar-refractivity contribution in [2.24, 2.45) is 5.92 Å². The molecule has 3 atom stereocenters. The molecule has 0 aromatic heterocycles. The molecule has 2 aliphatic rings. The summed E-state index contributed by atoms with van der Waals surface area (Å²) in [5, 5.41) is 14.9. The molecular weight excluding hydrogens is 420 g/mol. The average Bonchev–Trinajstić information content (AvgIpc) is 3.40. The van der Waals surface area contributed by atoms with Gasteiger partial charge < -0.3 is 20.5 Å². The van der Waals surface area contributed by atoms with E-state index in [0.717, 1.165) is 28.7 Å². The van der Waals surface area contributed by atoms with E-state index >= 15 is 0 Å². The Morgan fingerprint density at radius 2 is 1.67 bits per heavy atom. The van der Waals surface area contributed by atoms with Crippen LogP contribution in [-0.4, -0.2) is 41.8 Å². The van der Waals surface area contributed by atoms with E-state index in [1.54, 1.807) is 0 Å². The maximum atomic E-state index is 12.8. The zero-order valence-corrected chi connectivity index (χ0v) is 18.8. The van der Waals surface area contributed by atoms with Gasteiger partial charge in [-0.3, -0.25) is 9.59 Å². The molecule has 2 aliphatic carbocycles. The summed E-state index contributed by atoms with van der Waals surface area (Å²) in [7, 11) is 0. The maximum Gasteiger partial charge on any atom is 0.407 e. The molecule has 1 saturated carbocycles. The molecule has 0 heterocycles. The summed E-state index contributed by atoms with van der Waals surface area (Å²) in [5.74, 6) is -1.89. The summed E-state index contributed by atoms with van der Waals surface area (Å²) in [5.41, 5.74) is 4.54. The molecule has 174 valence electrons. The normalized spacial score (nSPS) is 19.9. The first kappa shape index (κ1) is 22.8. The molecule has 2 amide bonds. The topological polar surface area (TPSA) is 105 Å². The Kier molecular flexibility index (Phi) is 6.96. The molecule has 2 aromatic carbocycles. The first-order chi connectivity index (χ1) is 16.0. The van der Waals surface area contributed by atoms with Crippen LogP contribution in [0.4, 0.5) is 4.79 Å². The minimum Gasteiger partial charge on any atom is -0.481 e. The summed E-state index contributed by atoms with van der Waals surface area (Å²) in [6.45, 7) is 2.10. The number of benzene rings is 2. The molecule has 3 N–H and O–H groups in total. The van der Waals surface area contributed by atoms with Gasteiger partial charge in [0.05, 0.1) is 5.92 Å². The van der Waals surface area contributed by atoms with Crippen LogP contribution in [0.15, 0.2) is 48.5 Å². The second-order valence-corrected chi connectivity index (χ2v) is 8.80. The van der Waals surface area contributed by atoms with Crippen molar-refractivity contribution in [1.82, 2.24) is 10.6 Å². The van der Waals surface area contributed by atoms with Crippen molar-refractivity contribution in [3.63, 3.8) is 0 Å². The fourth-order valence-electron chi connectivity index (χ4n) is 5.05. The van der Waals surface area contributed by atoms with E-state index in [1.165, 1.54) is 0 Å². The highest BCUT2D eigenvalue weighted by atomic mass is 16.5. The number of carbonyl (C=O) groups is 3. The SMILES string of the molecule is CCC[C@H](NC(=O)OCC1c2ccccc2-c2ccccc21)C(=O)N[C@@H]1CCC[C@@H]1C(=O)O. The predicted molar refractivity (Wildman–Crippen MR) is 124 cm³/mol. The molecule has 1 fully saturated rings. The Labute approximate surface area is 193 Å². The molecule has 0 saturated heterocycles. The lowest BCUT2D eigenvalue weighted by Gasteiger charge is -2.23. The van der Waals surface area contributed by atoms with Crippen LogP contribution < -0.4 is 10.6 Å². The zero-order valence-electron chi connectivity index (χ0n) is 18.8. The number of alkyl carbamates (subject to hydrolysis) is 1. The number of carboxylic acids is 1. The fourth-order valence-corrected chi connectivity index (χ4v) is 5.05. The molecule has 7 nitrogen and oxygen atoms in total. The molecular formula is C26H30N2O5. The van der Waals surface area contributed by atoms with Gasteiger partial charge in [0.15, 0.2) is 0 Å². The quantitative estimate of drug-likeness (QED) is 0.563. The van der Waals surface area contributed by atoms with Crippen molar-refractivity contribution in [3.05, 3.63) is 59.7 Å². The highest BCUT2D eigenvalue weighted by Crippen LogP contribution is 2.44. The monoisotopic (exact) mass is 450 g/mol. The minimum absolute atomic E-state index is 0.0589. The highest BCUT2D eigenvalue weighted by Gasteiger charge is 2.35. The number of rotatable bonds is 8. The lowest BCUT2D eigenvalue weighted by Crippen LogP contribution is -2.51. The Morgan fingerprint density at radius 1 is 1.03 bits per heavy atom. The van der Waals surface area contributed by atoms with Gasteiger partial charge in [0.1, 0.15) is 12.6 Å². The molecule has 0 aliphatic heterocycles. The number of hydrogen-bond acceptors (Lipinski definition) is 4. The molecule has 0 unspecified atom stereocenters. The number of hydrogen-bond donors (Lipinski definition) is 3. The fraction of sp³-hybridized carbons (Fsp3) is 0.423. The van der Waals surface area contributed by atoms with Crippen LogP contribution in [0.5, 0.6) is 0 Å². The number of amides is 2. The van der Waals surface area contributed by atoms with Crippen molar-refractivity contribution in [2.75, 3.05) is 6.61 Å². The van der Waals surface area contributed by atoms with Crippen LogP contribution in [0.1, 0.15) is 56.1 Å². The van der Waals surface area contributed by atoms with Gasteiger partial charge >= 0.3 is 12.1 Å². The Balaban J connectivity index is 1.38. The van der Waals surface area contributed by atoms with Crippen LogP contribution in [-0.2, 0) is 14.3 Å². The van der Waals surface area contributed by atoms with Crippen LogP contribution >= 0.6 is 0 Å². The molecule has 0 spiro atoms. The van der Waals surface area contributed by atoms with Crippen LogP contribution in [0.25, 0.3) is 11.1 Å². The smallest absolute Gasteiger partial charge is 0.407 e. The lowest BCUT2D eigenvalue weighted by atomic mass is 9.98. The van der Waals surface area contributed by atoms with Gasteiger partial charge in [-0.15, -0.1) is 0 Å². The Hall–Kier alpha value is -3.35. The number of ether oxygens (including phenoxy) is 1. The second kappa shape index (κ2) is 10.1. The van der Waals surface area contributed by atoms with Crippen molar-refractivity contribution in [1.29, 1.82) is 0 Å². The molecule has 2 aromatic rings. The van der Waals surface area contributed by atoms with Crippen molar-refractivity contribution in [2.45, 2.75) is 57.0 Å². The Morgan fingerprint density at radius 3 is 2.27 bits per heavy atom. The number of aliphatic carboxylic acids is 1. The molecule has 0 bridgehead atoms. The van der Waals surface area contributed by atoms with E-state index < -0.39 is 30.1 Å². The van der Waals surface area contributed by atoms with Crippen LogP contribution in [0, 0.1) is 5.92 Å². The number of carboxylic acid groups (broad SMARTS) is 1. The number of fused-ring (bicyclic) bond motifs is 3. The molecule has 33 heavy (non-hydrogen) atoms. The maximum absolute atomic E-state index is 12.8. The third-order valence-corrected chi connectivity index (χ3v) is 6.69. The Bertz CT molecular complexity index is 991. The van der Waals surface area contributed by atoms with Gasteiger partial charge in [-0.05, 0) is 41.5 Å². The summed E-state index contributed by atoms with van der Waals surface area (Å²) in [6.07, 6.45) is 2.44. The summed E-state index contributed by atoms with van der Waals surface area (Å²) >= 11 is 0. The number of carbonyl (C=O) groups excluding carboxylic acids is 2. The van der Waals surface area contributed by atoms with Crippen molar-refractivity contribution < 1.29 is 24.2 Å². The first-order valence-electron chi connectivity index (χ1n) is 11.6. The lowest BCUT2D eigenvalue weighted by molar-refractivity contribution is -0.142. The third kappa shape index (κ3) is 4.87. The van der Waals surface area contributed by atoms with E-state index in [9.17, 15) is 19.5 Å². The van der Waals surface area contributed by atoms with E-state index in [4.69, 9.17) is 4.74 Å². The molecule has 7 heteroatoms. The van der Waals surface area contributed by atoms with Gasteiger partial charge in [0.25, 0.3) is 0 Å². The van der Waals surface area contributed by atoms with Crippen molar-refractivity contribution in [3.8, 4) is 11.1 Å². The largest absolute Gasteiger partial charge is 0.481 e. The third-order valence-electron chi connectivity index (χ3n) is 6.69. The van der Waals surface area contributed by atoms with E-state index in [0.29, 0.717) is 25.7 Å².